The van der Waals surface area contributed by atoms with E-state index in [1.807, 2.05) is 6.92 Å². The molecule has 0 saturated heterocycles. The van der Waals surface area contributed by atoms with Crippen molar-refractivity contribution in [2.45, 2.75) is 18.2 Å². The lowest BCUT2D eigenvalue weighted by Gasteiger charge is -2.12. The Balaban J connectivity index is 2.31. The van der Waals surface area contributed by atoms with Crippen LogP contribution >= 0.6 is 11.6 Å². The third kappa shape index (κ3) is 4.46. The summed E-state index contributed by atoms with van der Waals surface area (Å²) in [5.74, 6) is -0.323. The van der Waals surface area contributed by atoms with Gasteiger partial charge in [-0.25, -0.2) is 8.42 Å². The molecule has 0 aliphatic rings. The van der Waals surface area contributed by atoms with Crippen molar-refractivity contribution in [3.63, 3.8) is 0 Å². The Labute approximate surface area is 140 Å². The summed E-state index contributed by atoms with van der Waals surface area (Å²) < 4.78 is 27.3. The van der Waals surface area contributed by atoms with E-state index in [1.165, 1.54) is 12.1 Å². The quantitative estimate of drug-likeness (QED) is 0.837. The van der Waals surface area contributed by atoms with E-state index in [-0.39, 0.29) is 22.1 Å². The number of nitrogens with one attached hydrogen (secondary N) is 2. The largest absolute Gasteiger partial charge is 0.352 e. The van der Waals surface area contributed by atoms with Gasteiger partial charge < -0.3 is 5.32 Å². The molecule has 0 spiro atoms. The molecule has 7 heteroatoms. The van der Waals surface area contributed by atoms with Crippen LogP contribution in [0.15, 0.2) is 53.4 Å². The lowest BCUT2D eigenvalue weighted by molar-refractivity contribution is 0.0954. The molecule has 2 rings (SSSR count). The van der Waals surface area contributed by atoms with Gasteiger partial charge in [0.2, 0.25) is 0 Å². The zero-order chi connectivity index (χ0) is 16.9. The van der Waals surface area contributed by atoms with Crippen LogP contribution in [0.4, 0.5) is 5.69 Å². The molecule has 2 aromatic carbocycles. The number of rotatable bonds is 6. The van der Waals surface area contributed by atoms with Crippen molar-refractivity contribution in [3.8, 4) is 0 Å². The molecule has 0 unspecified atom stereocenters. The van der Waals surface area contributed by atoms with Gasteiger partial charge in [-0.1, -0.05) is 36.7 Å². The molecule has 0 radical (unpaired) electrons. The molecule has 0 bridgehead atoms. The normalized spacial score (nSPS) is 11.0. The van der Waals surface area contributed by atoms with Gasteiger partial charge in [0.25, 0.3) is 15.9 Å². The predicted molar refractivity (Wildman–Crippen MR) is 91.3 cm³/mol. The number of sulfonamides is 1. The van der Waals surface area contributed by atoms with E-state index in [0.717, 1.165) is 6.42 Å². The average molecular weight is 353 g/mol. The third-order valence-corrected chi connectivity index (χ3v) is 4.66. The van der Waals surface area contributed by atoms with Crippen molar-refractivity contribution in [2.24, 2.45) is 0 Å². The first-order valence-corrected chi connectivity index (χ1v) is 8.96. The molecule has 0 saturated carbocycles. The van der Waals surface area contributed by atoms with Crippen LogP contribution in [0, 0.1) is 0 Å². The predicted octanol–water partition coefficient (Wildman–Crippen LogP) is 3.28. The first-order valence-electron chi connectivity index (χ1n) is 7.09. The van der Waals surface area contributed by atoms with Crippen LogP contribution in [0.5, 0.6) is 0 Å². The Bertz CT molecular complexity index is 806. The Morgan fingerprint density at radius 2 is 1.87 bits per heavy atom. The van der Waals surface area contributed by atoms with Gasteiger partial charge in [0, 0.05) is 11.6 Å². The lowest BCUT2D eigenvalue weighted by atomic mass is 10.1. The minimum atomic E-state index is -3.83. The molecule has 0 aromatic heterocycles. The first-order chi connectivity index (χ1) is 10.9. The van der Waals surface area contributed by atoms with E-state index in [9.17, 15) is 13.2 Å². The summed E-state index contributed by atoms with van der Waals surface area (Å²) in [5, 5.41) is 3.05. The summed E-state index contributed by atoms with van der Waals surface area (Å²) in [6.45, 7) is 2.46. The fourth-order valence-corrected chi connectivity index (χ4v) is 3.32. The minimum absolute atomic E-state index is 0.0359. The minimum Gasteiger partial charge on any atom is -0.352 e. The standard InChI is InChI=1S/C16H17ClN2O3S/c1-2-10-18-16(20)14-8-3-4-9-15(14)19-23(21,22)13-7-5-6-12(17)11-13/h3-9,11,19H,2,10H2,1H3,(H,18,20). The van der Waals surface area contributed by atoms with Crippen molar-refractivity contribution in [1.29, 1.82) is 0 Å². The highest BCUT2D eigenvalue weighted by atomic mass is 35.5. The molecule has 23 heavy (non-hydrogen) atoms. The van der Waals surface area contributed by atoms with E-state index >= 15 is 0 Å². The highest BCUT2D eigenvalue weighted by Gasteiger charge is 2.18. The van der Waals surface area contributed by atoms with Gasteiger partial charge in [-0.15, -0.1) is 0 Å². The molecule has 0 heterocycles. The second-order valence-electron chi connectivity index (χ2n) is 4.86. The average Bonchev–Trinajstić information content (AvgIpc) is 2.53. The summed E-state index contributed by atoms with van der Waals surface area (Å²) in [6, 6.07) is 12.4. The van der Waals surface area contributed by atoms with Crippen LogP contribution in [0.3, 0.4) is 0 Å². The Hall–Kier alpha value is -2.05. The number of carbonyl (C=O) groups is 1. The van der Waals surface area contributed by atoms with Crippen LogP contribution < -0.4 is 10.0 Å². The number of carbonyl (C=O) groups excluding carboxylic acids is 1. The number of halogens is 1. The SMILES string of the molecule is CCCNC(=O)c1ccccc1NS(=O)(=O)c1cccc(Cl)c1. The molecular formula is C16H17ClN2O3S. The second kappa shape index (κ2) is 7.48. The van der Waals surface area contributed by atoms with Crippen molar-refractivity contribution in [1.82, 2.24) is 5.32 Å². The van der Waals surface area contributed by atoms with E-state index in [2.05, 4.69) is 10.0 Å². The maximum absolute atomic E-state index is 12.4. The highest BCUT2D eigenvalue weighted by Crippen LogP contribution is 2.22. The third-order valence-electron chi connectivity index (χ3n) is 3.06. The number of para-hydroxylation sites is 1. The van der Waals surface area contributed by atoms with E-state index < -0.39 is 10.0 Å². The van der Waals surface area contributed by atoms with Gasteiger partial charge in [-0.3, -0.25) is 9.52 Å². The maximum Gasteiger partial charge on any atom is 0.261 e. The molecule has 2 N–H and O–H groups in total. The number of benzene rings is 2. The van der Waals surface area contributed by atoms with Crippen molar-refractivity contribution < 1.29 is 13.2 Å². The van der Waals surface area contributed by atoms with Crippen LogP contribution in [-0.2, 0) is 10.0 Å². The smallest absolute Gasteiger partial charge is 0.261 e. The van der Waals surface area contributed by atoms with E-state index in [1.54, 1.807) is 36.4 Å². The van der Waals surface area contributed by atoms with Gasteiger partial charge >= 0.3 is 0 Å². The Morgan fingerprint density at radius 1 is 1.13 bits per heavy atom. The fraction of sp³-hybridized carbons (Fsp3) is 0.188. The van der Waals surface area contributed by atoms with Crippen molar-refractivity contribution in [3.05, 3.63) is 59.1 Å². The number of amides is 1. The van der Waals surface area contributed by atoms with Crippen molar-refractivity contribution >= 4 is 33.2 Å². The van der Waals surface area contributed by atoms with Crippen LogP contribution in [-0.4, -0.2) is 20.9 Å². The highest BCUT2D eigenvalue weighted by molar-refractivity contribution is 7.92. The molecule has 2 aromatic rings. The van der Waals surface area contributed by atoms with Gasteiger partial charge in [-0.2, -0.15) is 0 Å². The number of hydrogen-bond donors (Lipinski definition) is 2. The molecule has 0 aliphatic carbocycles. The monoisotopic (exact) mass is 352 g/mol. The van der Waals surface area contributed by atoms with Crippen LogP contribution in [0.2, 0.25) is 5.02 Å². The molecule has 1 amide bonds. The Morgan fingerprint density at radius 3 is 2.57 bits per heavy atom. The van der Waals surface area contributed by atoms with E-state index in [0.29, 0.717) is 11.6 Å². The summed E-state index contributed by atoms with van der Waals surface area (Å²) in [4.78, 5) is 12.2. The first kappa shape index (κ1) is 17.3. The molecule has 0 atom stereocenters. The van der Waals surface area contributed by atoms with Gasteiger partial charge in [0.15, 0.2) is 0 Å². The number of anilines is 1. The lowest BCUT2D eigenvalue weighted by Crippen LogP contribution is -2.25. The summed E-state index contributed by atoms with van der Waals surface area (Å²) in [5.41, 5.74) is 0.493. The molecule has 122 valence electrons. The maximum atomic E-state index is 12.4. The van der Waals surface area contributed by atoms with Gasteiger partial charge in [0.05, 0.1) is 16.1 Å². The molecule has 5 nitrogen and oxygen atoms in total. The second-order valence-corrected chi connectivity index (χ2v) is 6.98. The zero-order valence-corrected chi connectivity index (χ0v) is 14.1. The van der Waals surface area contributed by atoms with E-state index in [4.69, 9.17) is 11.6 Å². The zero-order valence-electron chi connectivity index (χ0n) is 12.5. The molecule has 0 aliphatic heterocycles. The van der Waals surface area contributed by atoms with Crippen LogP contribution in [0.25, 0.3) is 0 Å². The van der Waals surface area contributed by atoms with Crippen molar-refractivity contribution in [2.75, 3.05) is 11.3 Å². The fourth-order valence-electron chi connectivity index (χ4n) is 1.94. The molecule has 0 fully saturated rings. The van der Waals surface area contributed by atoms with Crippen LogP contribution in [0.1, 0.15) is 23.7 Å². The molecular weight excluding hydrogens is 336 g/mol. The van der Waals surface area contributed by atoms with Gasteiger partial charge in [0.1, 0.15) is 0 Å². The van der Waals surface area contributed by atoms with Gasteiger partial charge in [-0.05, 0) is 36.8 Å². The summed E-state index contributed by atoms with van der Waals surface area (Å²) in [7, 11) is -3.83. The Kier molecular flexibility index (Phi) is 5.63. The topological polar surface area (TPSA) is 75.3 Å². The summed E-state index contributed by atoms with van der Waals surface area (Å²) >= 11 is 5.84. The number of hydrogen-bond acceptors (Lipinski definition) is 3. The summed E-state index contributed by atoms with van der Waals surface area (Å²) in [6.07, 6.45) is 0.794.